The Morgan fingerprint density at radius 1 is 1.00 bits per heavy atom. The van der Waals surface area contributed by atoms with Gasteiger partial charge in [0.1, 0.15) is 16.9 Å². The van der Waals surface area contributed by atoms with Crippen molar-refractivity contribution in [3.63, 3.8) is 0 Å². The topological polar surface area (TPSA) is 88.3 Å². The van der Waals surface area contributed by atoms with E-state index in [9.17, 15) is 14.7 Å². The third-order valence-electron chi connectivity index (χ3n) is 4.28. The Balaban J connectivity index is 1.99. The zero-order chi connectivity index (χ0) is 22.6. The number of allylic oxidation sites excluding steroid dienone is 1. The van der Waals surface area contributed by atoms with Crippen molar-refractivity contribution < 1.29 is 19.4 Å². The van der Waals surface area contributed by atoms with Gasteiger partial charge in [-0.05, 0) is 39.3 Å². The van der Waals surface area contributed by atoms with Gasteiger partial charge in [0.05, 0.1) is 5.71 Å². The average molecular weight is 416 g/mol. The Kier molecular flexibility index (Phi) is 6.30. The number of aliphatic imine (C=N–C) groups is 2. The number of hydrogen-bond acceptors (Lipinski definition) is 4. The van der Waals surface area contributed by atoms with Gasteiger partial charge in [0.15, 0.2) is 5.84 Å². The summed E-state index contributed by atoms with van der Waals surface area (Å²) < 4.78 is 5.44. The van der Waals surface area contributed by atoms with Gasteiger partial charge in [0, 0.05) is 17.2 Å². The van der Waals surface area contributed by atoms with E-state index >= 15 is 0 Å². The number of hydrogen-bond donors (Lipinski definition) is 1. The maximum Gasteiger partial charge on any atom is 0.344 e. The van der Waals surface area contributed by atoms with Crippen LogP contribution in [0, 0.1) is 0 Å². The van der Waals surface area contributed by atoms with E-state index in [4.69, 9.17) is 4.74 Å². The van der Waals surface area contributed by atoms with Crippen LogP contribution >= 0.6 is 0 Å². The molecule has 0 bridgehead atoms. The smallest absolute Gasteiger partial charge is 0.344 e. The normalized spacial score (nSPS) is 15.5. The van der Waals surface area contributed by atoms with E-state index in [2.05, 4.69) is 9.98 Å². The number of benzene rings is 2. The molecule has 1 N–H and O–H groups in total. The minimum absolute atomic E-state index is 0.0557. The van der Waals surface area contributed by atoms with Crippen LogP contribution in [0.4, 0.5) is 0 Å². The Hall–Kier alpha value is -3.80. The minimum Gasteiger partial charge on any atom is -0.512 e. The molecule has 0 atom stereocenters. The lowest BCUT2D eigenvalue weighted by atomic mass is 9.99. The standard InChI is InChI=1S/C25H24N2O4/c1-16(28)21(24(30)31-25(2,3)4)22-18-12-8-9-13-19(18)23(27-22)26-20(29)15-14-17-10-6-5-7-11-17/h5-15,28H,1-4H3/b15-14+,21-16-,26-23?. The second-order valence-electron chi connectivity index (χ2n) is 7.99. The number of carbonyl (C=O) groups is 2. The second-order valence-corrected chi connectivity index (χ2v) is 7.99. The van der Waals surface area contributed by atoms with E-state index < -0.39 is 17.5 Å². The zero-order valence-corrected chi connectivity index (χ0v) is 17.9. The van der Waals surface area contributed by atoms with Gasteiger partial charge in [-0.15, -0.1) is 0 Å². The Labute approximate surface area is 181 Å². The summed E-state index contributed by atoms with van der Waals surface area (Å²) >= 11 is 0. The molecule has 1 amide bonds. The third-order valence-corrected chi connectivity index (χ3v) is 4.28. The Morgan fingerprint density at radius 2 is 1.61 bits per heavy atom. The number of rotatable bonds is 4. The molecule has 2 aromatic rings. The maximum atomic E-state index is 12.7. The van der Waals surface area contributed by atoms with Crippen molar-refractivity contribution in [2.24, 2.45) is 9.98 Å². The van der Waals surface area contributed by atoms with Gasteiger partial charge in [-0.25, -0.2) is 9.79 Å². The van der Waals surface area contributed by atoms with Crippen LogP contribution < -0.4 is 0 Å². The van der Waals surface area contributed by atoms with Crippen LogP contribution in [-0.2, 0) is 14.3 Å². The average Bonchev–Trinajstić information content (AvgIpc) is 3.04. The molecule has 1 aliphatic heterocycles. The van der Waals surface area contributed by atoms with Crippen LogP contribution in [0.15, 0.2) is 82.0 Å². The van der Waals surface area contributed by atoms with Crippen LogP contribution in [0.5, 0.6) is 0 Å². The van der Waals surface area contributed by atoms with E-state index in [1.807, 2.05) is 30.3 Å². The summed E-state index contributed by atoms with van der Waals surface area (Å²) in [5.41, 5.74) is 1.49. The molecule has 0 fully saturated rings. The first-order valence-electron chi connectivity index (χ1n) is 9.83. The molecule has 0 unspecified atom stereocenters. The quantitative estimate of drug-likeness (QED) is 0.446. The fourth-order valence-corrected chi connectivity index (χ4v) is 3.00. The molecule has 0 aromatic heterocycles. The van der Waals surface area contributed by atoms with Gasteiger partial charge >= 0.3 is 5.97 Å². The summed E-state index contributed by atoms with van der Waals surface area (Å²) in [5, 5.41) is 10.2. The highest BCUT2D eigenvalue weighted by atomic mass is 16.6. The molecule has 158 valence electrons. The number of amides is 1. The number of nitrogens with zero attached hydrogens (tertiary/aromatic N) is 2. The van der Waals surface area contributed by atoms with Crippen LogP contribution in [0.3, 0.4) is 0 Å². The highest BCUT2D eigenvalue weighted by molar-refractivity contribution is 6.36. The lowest BCUT2D eigenvalue weighted by molar-refractivity contribution is -0.149. The van der Waals surface area contributed by atoms with E-state index in [1.54, 1.807) is 51.1 Å². The van der Waals surface area contributed by atoms with Crippen LogP contribution in [0.1, 0.15) is 44.4 Å². The predicted octanol–water partition coefficient (Wildman–Crippen LogP) is 4.65. The van der Waals surface area contributed by atoms with Crippen molar-refractivity contribution in [2.75, 3.05) is 0 Å². The van der Waals surface area contributed by atoms with Gasteiger partial charge in [0.25, 0.3) is 5.91 Å². The number of carbonyl (C=O) groups excluding carboxylic acids is 2. The zero-order valence-electron chi connectivity index (χ0n) is 17.9. The molecule has 0 spiro atoms. The summed E-state index contributed by atoms with van der Waals surface area (Å²) in [6, 6.07) is 16.5. The fourth-order valence-electron chi connectivity index (χ4n) is 3.00. The largest absolute Gasteiger partial charge is 0.512 e. The van der Waals surface area contributed by atoms with Crippen molar-refractivity contribution in [1.29, 1.82) is 0 Å². The molecule has 1 heterocycles. The summed E-state index contributed by atoms with van der Waals surface area (Å²) in [5.74, 6) is -1.23. The van der Waals surface area contributed by atoms with Crippen molar-refractivity contribution >= 4 is 29.5 Å². The molecule has 0 radical (unpaired) electrons. The summed E-state index contributed by atoms with van der Waals surface area (Å²) in [4.78, 5) is 33.7. The lowest BCUT2D eigenvalue weighted by Gasteiger charge is -2.21. The molecule has 0 saturated carbocycles. The maximum absolute atomic E-state index is 12.7. The molecule has 2 aromatic carbocycles. The van der Waals surface area contributed by atoms with E-state index in [-0.39, 0.29) is 22.9 Å². The summed E-state index contributed by atoms with van der Waals surface area (Å²) in [7, 11) is 0. The van der Waals surface area contributed by atoms with E-state index in [0.29, 0.717) is 11.1 Å². The number of fused-ring (bicyclic) bond motifs is 1. The van der Waals surface area contributed by atoms with Crippen LogP contribution in [0.25, 0.3) is 6.08 Å². The molecule has 6 nitrogen and oxygen atoms in total. The number of amidine groups is 1. The molecule has 0 aliphatic carbocycles. The Bertz CT molecular complexity index is 1130. The molecular weight excluding hydrogens is 392 g/mol. The molecule has 6 heteroatoms. The molecule has 0 saturated heterocycles. The summed E-state index contributed by atoms with van der Waals surface area (Å²) in [6.45, 7) is 6.62. The van der Waals surface area contributed by atoms with Crippen molar-refractivity contribution in [1.82, 2.24) is 0 Å². The number of ether oxygens (including phenoxy) is 1. The first-order valence-corrected chi connectivity index (χ1v) is 9.83. The molecule has 31 heavy (non-hydrogen) atoms. The van der Waals surface area contributed by atoms with Gasteiger partial charge in [-0.3, -0.25) is 4.79 Å². The van der Waals surface area contributed by atoms with Gasteiger partial charge < -0.3 is 9.84 Å². The Morgan fingerprint density at radius 3 is 2.23 bits per heavy atom. The minimum atomic E-state index is -0.744. The summed E-state index contributed by atoms with van der Waals surface area (Å²) in [6.07, 6.45) is 3.03. The second kappa shape index (κ2) is 8.92. The third kappa shape index (κ3) is 5.42. The fraction of sp³-hybridized carbons (Fsp3) is 0.200. The first kappa shape index (κ1) is 21.9. The SMILES string of the molecule is C/C(O)=C(/C(=O)OC(C)(C)C)C1=NC(=NC(=O)/C=C/c2ccccc2)c2ccccc21. The van der Waals surface area contributed by atoms with Gasteiger partial charge in [-0.1, -0.05) is 54.6 Å². The highest BCUT2D eigenvalue weighted by Crippen LogP contribution is 2.26. The number of esters is 1. The van der Waals surface area contributed by atoms with Crippen molar-refractivity contribution in [3.05, 3.63) is 88.7 Å². The monoisotopic (exact) mass is 416 g/mol. The van der Waals surface area contributed by atoms with Gasteiger partial charge in [-0.2, -0.15) is 4.99 Å². The van der Waals surface area contributed by atoms with Crippen LogP contribution in [-0.4, -0.2) is 34.1 Å². The van der Waals surface area contributed by atoms with E-state index in [0.717, 1.165) is 5.56 Å². The molecule has 1 aliphatic rings. The van der Waals surface area contributed by atoms with Gasteiger partial charge in [0.2, 0.25) is 0 Å². The van der Waals surface area contributed by atoms with Crippen molar-refractivity contribution in [2.45, 2.75) is 33.3 Å². The predicted molar refractivity (Wildman–Crippen MR) is 121 cm³/mol. The lowest BCUT2D eigenvalue weighted by Crippen LogP contribution is -2.28. The first-order chi connectivity index (χ1) is 14.7. The van der Waals surface area contributed by atoms with Crippen LogP contribution in [0.2, 0.25) is 0 Å². The molecular formula is C25H24N2O4. The number of aliphatic hydroxyl groups is 1. The molecule has 3 rings (SSSR count). The highest BCUT2D eigenvalue weighted by Gasteiger charge is 2.32. The van der Waals surface area contributed by atoms with E-state index in [1.165, 1.54) is 13.0 Å². The number of aliphatic hydroxyl groups excluding tert-OH is 1. The van der Waals surface area contributed by atoms with Crippen molar-refractivity contribution in [3.8, 4) is 0 Å².